The molecule has 0 saturated heterocycles. The van der Waals surface area contributed by atoms with Crippen LogP contribution in [0.25, 0.3) is 0 Å². The lowest BCUT2D eigenvalue weighted by atomic mass is 10.7. The molecule has 0 aromatic heterocycles. The molecule has 0 amide bonds. The van der Waals surface area contributed by atoms with Crippen LogP contribution in [0.15, 0.2) is 0 Å². The Balaban J connectivity index is 2.97. The molecule has 0 rings (SSSR count). The third kappa shape index (κ3) is 6.04. The number of rotatable bonds is 4. The van der Waals surface area contributed by atoms with Crippen molar-refractivity contribution in [3.63, 3.8) is 0 Å². The number of carbonyl (C=O) groups is 1. The van der Waals surface area contributed by atoms with Crippen molar-refractivity contribution in [2.75, 3.05) is 24.8 Å². The van der Waals surface area contributed by atoms with Crippen LogP contribution in [-0.4, -0.2) is 30.7 Å². The van der Waals surface area contributed by atoms with Crippen molar-refractivity contribution in [3.8, 4) is 0 Å². The summed E-state index contributed by atoms with van der Waals surface area (Å²) in [4.78, 5) is 10.3. The van der Waals surface area contributed by atoms with Gasteiger partial charge in [-0.15, -0.1) is 0 Å². The molecule has 4 heteroatoms. The lowest BCUT2D eigenvalue weighted by molar-refractivity contribution is -0.145. The van der Waals surface area contributed by atoms with Crippen molar-refractivity contribution in [2.45, 2.75) is 0 Å². The quantitative estimate of drug-likeness (QED) is 0.314. The van der Waals surface area contributed by atoms with Crippen LogP contribution in [0.2, 0.25) is 0 Å². The smallest absolute Gasteiger partial charge is 0.331 e. The van der Waals surface area contributed by atoms with Crippen molar-refractivity contribution in [3.05, 3.63) is 0 Å². The third-order valence-corrected chi connectivity index (χ3v) is 1.11. The van der Waals surface area contributed by atoms with Gasteiger partial charge in [-0.3, -0.25) is 0 Å². The first-order valence-electron chi connectivity index (χ1n) is 2.51. The van der Waals surface area contributed by atoms with Crippen LogP contribution in [-0.2, 0) is 14.3 Å². The Labute approximate surface area is 67.8 Å². The van der Waals surface area contributed by atoms with Gasteiger partial charge in [0.25, 0.3) is 0 Å². The Morgan fingerprint density at radius 2 is 2.33 bits per heavy atom. The van der Waals surface area contributed by atoms with Crippen molar-refractivity contribution in [2.24, 2.45) is 0 Å². The number of hydrogen-bond acceptors (Lipinski definition) is 3. The monoisotopic (exact) mass is 244 g/mol. The molecule has 54 valence electrons. The third-order valence-electron chi connectivity index (χ3n) is 0.669. The predicted octanol–water partition coefficient (Wildman–Crippen LogP) is 0.611. The Morgan fingerprint density at radius 1 is 1.67 bits per heavy atom. The molecule has 9 heavy (non-hydrogen) atoms. The average Bonchev–Trinajstić information content (AvgIpc) is 1.89. The summed E-state index contributed by atoms with van der Waals surface area (Å²) >= 11 is 2.17. The van der Waals surface area contributed by atoms with E-state index in [1.54, 1.807) is 0 Å². The first-order chi connectivity index (χ1) is 4.31. The van der Waals surface area contributed by atoms with Crippen LogP contribution >= 0.6 is 22.6 Å². The molecule has 0 saturated carbocycles. The van der Waals surface area contributed by atoms with E-state index >= 15 is 0 Å². The van der Waals surface area contributed by atoms with Gasteiger partial charge in [0, 0.05) is 4.43 Å². The zero-order valence-corrected chi connectivity index (χ0v) is 7.38. The van der Waals surface area contributed by atoms with Crippen LogP contribution in [0.5, 0.6) is 0 Å². The second kappa shape index (κ2) is 6.28. The molecular formula is C5H9IO3. The molecule has 3 nitrogen and oxygen atoms in total. The van der Waals surface area contributed by atoms with Crippen LogP contribution in [0.4, 0.5) is 0 Å². The number of halogens is 1. The summed E-state index contributed by atoms with van der Waals surface area (Å²) in [6.07, 6.45) is 0. The molecule has 0 aliphatic carbocycles. The van der Waals surface area contributed by atoms with Crippen molar-refractivity contribution < 1.29 is 14.3 Å². The van der Waals surface area contributed by atoms with Gasteiger partial charge in [0.2, 0.25) is 0 Å². The van der Waals surface area contributed by atoms with Gasteiger partial charge in [-0.25, -0.2) is 4.79 Å². The Bertz CT molecular complexity index is 84.3. The second-order valence-electron chi connectivity index (χ2n) is 1.32. The lowest BCUT2D eigenvalue weighted by Crippen LogP contribution is -2.10. The molecule has 0 aliphatic heterocycles. The van der Waals surface area contributed by atoms with Gasteiger partial charge in [-0.2, -0.15) is 0 Å². The minimum atomic E-state index is -0.320. The van der Waals surface area contributed by atoms with Gasteiger partial charge in [0.15, 0.2) is 0 Å². The molecule has 0 aromatic rings. The first-order valence-corrected chi connectivity index (χ1v) is 4.04. The van der Waals surface area contributed by atoms with E-state index in [2.05, 4.69) is 27.3 Å². The normalized spacial score (nSPS) is 9.11. The van der Waals surface area contributed by atoms with Gasteiger partial charge in [-0.05, 0) is 0 Å². The Kier molecular flexibility index (Phi) is 6.39. The Hall–Kier alpha value is 0.160. The Morgan fingerprint density at radius 3 is 2.78 bits per heavy atom. The van der Waals surface area contributed by atoms with Crippen LogP contribution in [0.3, 0.4) is 0 Å². The molecule has 0 heterocycles. The summed E-state index contributed by atoms with van der Waals surface area (Å²) in [5, 5.41) is 0. The summed E-state index contributed by atoms with van der Waals surface area (Å²) in [5.74, 6) is -0.320. The van der Waals surface area contributed by atoms with Gasteiger partial charge in [0.05, 0.1) is 13.7 Å². The van der Waals surface area contributed by atoms with E-state index in [9.17, 15) is 4.79 Å². The summed E-state index contributed by atoms with van der Waals surface area (Å²) in [6, 6.07) is 0. The van der Waals surface area contributed by atoms with E-state index in [0.29, 0.717) is 6.61 Å². The summed E-state index contributed by atoms with van der Waals surface area (Å²) in [7, 11) is 1.34. The fourth-order valence-electron chi connectivity index (χ4n) is 0.269. The van der Waals surface area contributed by atoms with E-state index in [1.807, 2.05) is 0 Å². The molecule has 0 fully saturated rings. The van der Waals surface area contributed by atoms with Crippen LogP contribution in [0, 0.1) is 0 Å². The zero-order chi connectivity index (χ0) is 7.11. The molecule has 0 unspecified atom stereocenters. The van der Waals surface area contributed by atoms with Crippen LogP contribution in [0.1, 0.15) is 0 Å². The highest BCUT2D eigenvalue weighted by atomic mass is 127. The van der Waals surface area contributed by atoms with Crippen LogP contribution < -0.4 is 0 Å². The lowest BCUT2D eigenvalue weighted by Gasteiger charge is -1.97. The standard InChI is InChI=1S/C5H9IO3/c1-8-5(7)4-9-3-2-6/h2-4H2,1H3. The highest BCUT2D eigenvalue weighted by Gasteiger charge is 1.96. The maximum Gasteiger partial charge on any atom is 0.331 e. The SMILES string of the molecule is COC(=O)COCCI. The summed E-state index contributed by atoms with van der Waals surface area (Å²) < 4.78 is 10.1. The minimum absolute atomic E-state index is 0.0690. The topological polar surface area (TPSA) is 35.5 Å². The molecule has 0 bridgehead atoms. The van der Waals surface area contributed by atoms with E-state index in [-0.39, 0.29) is 12.6 Å². The van der Waals surface area contributed by atoms with Gasteiger partial charge < -0.3 is 9.47 Å². The van der Waals surface area contributed by atoms with Gasteiger partial charge >= 0.3 is 5.97 Å². The number of methoxy groups -OCH3 is 1. The molecular weight excluding hydrogens is 235 g/mol. The zero-order valence-electron chi connectivity index (χ0n) is 5.22. The highest BCUT2D eigenvalue weighted by Crippen LogP contribution is 1.83. The molecule has 0 radical (unpaired) electrons. The molecule has 0 aliphatic rings. The minimum Gasteiger partial charge on any atom is -0.467 e. The first kappa shape index (κ1) is 9.16. The molecule has 0 atom stereocenters. The highest BCUT2D eigenvalue weighted by molar-refractivity contribution is 14.1. The number of esters is 1. The number of alkyl halides is 1. The van der Waals surface area contributed by atoms with Crippen molar-refractivity contribution in [1.29, 1.82) is 0 Å². The second-order valence-corrected chi connectivity index (χ2v) is 2.40. The van der Waals surface area contributed by atoms with E-state index < -0.39 is 0 Å². The number of hydrogen-bond donors (Lipinski definition) is 0. The van der Waals surface area contributed by atoms with Crippen molar-refractivity contribution in [1.82, 2.24) is 0 Å². The fourth-order valence-corrected chi connectivity index (χ4v) is 0.580. The fraction of sp³-hybridized carbons (Fsp3) is 0.800. The maximum absolute atomic E-state index is 10.3. The maximum atomic E-state index is 10.3. The summed E-state index contributed by atoms with van der Waals surface area (Å²) in [6.45, 7) is 0.676. The summed E-state index contributed by atoms with van der Waals surface area (Å²) in [5.41, 5.74) is 0. The van der Waals surface area contributed by atoms with Gasteiger partial charge in [-0.1, -0.05) is 22.6 Å². The van der Waals surface area contributed by atoms with Gasteiger partial charge in [0.1, 0.15) is 6.61 Å². The average molecular weight is 244 g/mol. The number of ether oxygens (including phenoxy) is 2. The molecule has 0 aromatic carbocycles. The predicted molar refractivity (Wildman–Crippen MR) is 41.7 cm³/mol. The van der Waals surface area contributed by atoms with E-state index in [1.165, 1.54) is 7.11 Å². The molecule has 0 N–H and O–H groups in total. The molecule has 0 spiro atoms. The van der Waals surface area contributed by atoms with Crippen molar-refractivity contribution >= 4 is 28.6 Å². The largest absolute Gasteiger partial charge is 0.467 e. The number of carbonyl (C=O) groups excluding carboxylic acids is 1. The van der Waals surface area contributed by atoms with E-state index in [0.717, 1.165) is 4.43 Å². The van der Waals surface area contributed by atoms with E-state index in [4.69, 9.17) is 4.74 Å².